The maximum atomic E-state index is 11.9. The number of hydrogen-bond donors (Lipinski definition) is 3. The number of aliphatic carboxylic acids is 1. The zero-order valence-corrected chi connectivity index (χ0v) is 12.1. The largest absolute Gasteiger partial charge is 0.481 e. The fourth-order valence-electron chi connectivity index (χ4n) is 3.10. The van der Waals surface area contributed by atoms with Crippen LogP contribution in [0.2, 0.25) is 0 Å². The first-order valence-corrected chi connectivity index (χ1v) is 7.29. The van der Waals surface area contributed by atoms with Crippen LogP contribution in [0.1, 0.15) is 46.0 Å². The lowest BCUT2D eigenvalue weighted by Gasteiger charge is -2.35. The van der Waals surface area contributed by atoms with E-state index in [0.717, 1.165) is 19.3 Å². The monoisotopic (exact) mass is 284 g/mol. The first-order valence-electron chi connectivity index (χ1n) is 7.29. The van der Waals surface area contributed by atoms with Gasteiger partial charge in [0.1, 0.15) is 0 Å². The Morgan fingerprint density at radius 3 is 2.45 bits per heavy atom. The van der Waals surface area contributed by atoms with Crippen molar-refractivity contribution in [1.82, 2.24) is 10.6 Å². The van der Waals surface area contributed by atoms with Crippen molar-refractivity contribution in [2.45, 2.75) is 63.6 Å². The summed E-state index contributed by atoms with van der Waals surface area (Å²) in [4.78, 5) is 22.8. The van der Waals surface area contributed by atoms with Gasteiger partial charge in [0, 0.05) is 18.7 Å². The Bertz CT molecular complexity index is 383. The summed E-state index contributed by atoms with van der Waals surface area (Å²) >= 11 is 0. The van der Waals surface area contributed by atoms with Gasteiger partial charge in [-0.15, -0.1) is 0 Å². The summed E-state index contributed by atoms with van der Waals surface area (Å²) in [6, 6.07) is -0.0943. The maximum absolute atomic E-state index is 11.9. The van der Waals surface area contributed by atoms with E-state index in [2.05, 4.69) is 10.6 Å². The predicted octanol–water partition coefficient (Wildman–Crippen LogP) is 1.50. The van der Waals surface area contributed by atoms with E-state index in [1.165, 1.54) is 0 Å². The van der Waals surface area contributed by atoms with Gasteiger partial charge in [-0.05, 0) is 46.0 Å². The summed E-state index contributed by atoms with van der Waals surface area (Å²) in [5.74, 6) is -1.08. The minimum atomic E-state index is -0.763. The van der Waals surface area contributed by atoms with E-state index in [4.69, 9.17) is 9.84 Å². The SMILES string of the molecule is CC1(C)CC(NC(=O)NC2CCC(C(=O)O)C2)CCO1. The molecule has 1 heterocycles. The molecule has 6 nitrogen and oxygen atoms in total. The Morgan fingerprint density at radius 1 is 1.15 bits per heavy atom. The van der Waals surface area contributed by atoms with Crippen molar-refractivity contribution in [3.05, 3.63) is 0 Å². The van der Waals surface area contributed by atoms with Gasteiger partial charge in [0.25, 0.3) is 0 Å². The van der Waals surface area contributed by atoms with Crippen molar-refractivity contribution in [2.75, 3.05) is 6.61 Å². The molecule has 3 atom stereocenters. The van der Waals surface area contributed by atoms with Gasteiger partial charge in [-0.25, -0.2) is 4.79 Å². The molecule has 6 heteroatoms. The topological polar surface area (TPSA) is 87.7 Å². The molecule has 2 rings (SSSR count). The van der Waals surface area contributed by atoms with Gasteiger partial charge in [0.15, 0.2) is 0 Å². The highest BCUT2D eigenvalue weighted by Crippen LogP contribution is 2.26. The second kappa shape index (κ2) is 5.99. The molecule has 1 saturated heterocycles. The molecule has 0 aromatic rings. The number of urea groups is 1. The van der Waals surface area contributed by atoms with E-state index in [1.807, 2.05) is 13.8 Å². The van der Waals surface area contributed by atoms with E-state index >= 15 is 0 Å². The number of carboxylic acids is 1. The van der Waals surface area contributed by atoms with Crippen LogP contribution in [0.5, 0.6) is 0 Å². The Morgan fingerprint density at radius 2 is 1.85 bits per heavy atom. The zero-order chi connectivity index (χ0) is 14.8. The highest BCUT2D eigenvalue weighted by molar-refractivity contribution is 5.75. The molecule has 20 heavy (non-hydrogen) atoms. The zero-order valence-electron chi connectivity index (χ0n) is 12.1. The van der Waals surface area contributed by atoms with Crippen LogP contribution in [-0.2, 0) is 9.53 Å². The van der Waals surface area contributed by atoms with Gasteiger partial charge in [-0.3, -0.25) is 4.79 Å². The number of ether oxygens (including phenoxy) is 1. The standard InChI is InChI=1S/C14H24N2O4/c1-14(2)8-11(5-6-20-14)16-13(19)15-10-4-3-9(7-10)12(17)18/h9-11H,3-8H2,1-2H3,(H,17,18)(H2,15,16,19). The molecule has 1 saturated carbocycles. The normalized spacial score (nSPS) is 32.6. The van der Waals surface area contributed by atoms with Crippen LogP contribution in [0.3, 0.4) is 0 Å². The van der Waals surface area contributed by atoms with Crippen molar-refractivity contribution in [3.8, 4) is 0 Å². The van der Waals surface area contributed by atoms with Crippen LogP contribution < -0.4 is 10.6 Å². The summed E-state index contributed by atoms with van der Waals surface area (Å²) in [5.41, 5.74) is -0.196. The third-order valence-electron chi connectivity index (χ3n) is 4.15. The molecule has 114 valence electrons. The Labute approximate surface area is 119 Å². The molecular formula is C14H24N2O4. The van der Waals surface area contributed by atoms with Gasteiger partial charge >= 0.3 is 12.0 Å². The Balaban J connectivity index is 1.74. The van der Waals surface area contributed by atoms with Gasteiger partial charge in [-0.1, -0.05) is 0 Å². The van der Waals surface area contributed by atoms with Crippen LogP contribution in [0.25, 0.3) is 0 Å². The van der Waals surface area contributed by atoms with Gasteiger partial charge in [0.2, 0.25) is 0 Å². The molecule has 2 amide bonds. The molecule has 0 bridgehead atoms. The fourth-order valence-corrected chi connectivity index (χ4v) is 3.10. The summed E-state index contributed by atoms with van der Waals surface area (Å²) in [5, 5.41) is 14.8. The number of carbonyl (C=O) groups is 2. The van der Waals surface area contributed by atoms with Gasteiger partial charge in [0.05, 0.1) is 11.5 Å². The highest BCUT2D eigenvalue weighted by atomic mass is 16.5. The van der Waals surface area contributed by atoms with Crippen LogP contribution in [0, 0.1) is 5.92 Å². The number of rotatable bonds is 3. The number of hydrogen-bond acceptors (Lipinski definition) is 3. The molecule has 0 aromatic carbocycles. The number of carbonyl (C=O) groups excluding carboxylic acids is 1. The summed E-state index contributed by atoms with van der Waals surface area (Å²) < 4.78 is 5.61. The molecule has 3 N–H and O–H groups in total. The molecule has 0 aromatic heterocycles. The fraction of sp³-hybridized carbons (Fsp3) is 0.857. The molecule has 2 aliphatic rings. The third-order valence-corrected chi connectivity index (χ3v) is 4.15. The van der Waals surface area contributed by atoms with Crippen LogP contribution in [-0.4, -0.2) is 41.4 Å². The first-order chi connectivity index (χ1) is 9.35. The van der Waals surface area contributed by atoms with Crippen molar-refractivity contribution in [2.24, 2.45) is 5.92 Å². The van der Waals surface area contributed by atoms with E-state index in [-0.39, 0.29) is 29.6 Å². The average Bonchev–Trinajstić information content (AvgIpc) is 2.75. The minimum absolute atomic E-state index is 0.0241. The van der Waals surface area contributed by atoms with E-state index in [0.29, 0.717) is 19.4 Å². The van der Waals surface area contributed by atoms with Crippen molar-refractivity contribution >= 4 is 12.0 Å². The molecule has 1 aliphatic heterocycles. The third kappa shape index (κ3) is 4.10. The average molecular weight is 284 g/mol. The number of nitrogens with one attached hydrogen (secondary N) is 2. The smallest absolute Gasteiger partial charge is 0.315 e. The molecule has 1 aliphatic carbocycles. The molecule has 2 fully saturated rings. The Kier molecular flexibility index (Phi) is 4.52. The minimum Gasteiger partial charge on any atom is -0.481 e. The van der Waals surface area contributed by atoms with Crippen molar-refractivity contribution in [3.63, 3.8) is 0 Å². The lowest BCUT2D eigenvalue weighted by Crippen LogP contribution is -2.50. The number of amides is 2. The quantitative estimate of drug-likeness (QED) is 0.733. The molecule has 3 unspecified atom stereocenters. The second-order valence-corrected chi connectivity index (χ2v) is 6.46. The molecule has 0 spiro atoms. The molecule has 0 radical (unpaired) electrons. The van der Waals surface area contributed by atoms with Gasteiger partial charge < -0.3 is 20.5 Å². The lowest BCUT2D eigenvalue weighted by atomic mass is 9.94. The number of carboxylic acid groups (broad SMARTS) is 1. The molecular weight excluding hydrogens is 260 g/mol. The van der Waals surface area contributed by atoms with E-state index < -0.39 is 5.97 Å². The van der Waals surface area contributed by atoms with Crippen molar-refractivity contribution in [1.29, 1.82) is 0 Å². The lowest BCUT2D eigenvalue weighted by molar-refractivity contribution is -0.141. The Hall–Kier alpha value is -1.30. The van der Waals surface area contributed by atoms with Gasteiger partial charge in [-0.2, -0.15) is 0 Å². The van der Waals surface area contributed by atoms with Crippen LogP contribution in [0.4, 0.5) is 4.79 Å². The van der Waals surface area contributed by atoms with E-state index in [9.17, 15) is 9.59 Å². The first kappa shape index (κ1) is 15.1. The van der Waals surface area contributed by atoms with Crippen LogP contribution >= 0.6 is 0 Å². The van der Waals surface area contributed by atoms with Crippen molar-refractivity contribution < 1.29 is 19.4 Å². The predicted molar refractivity (Wildman–Crippen MR) is 73.5 cm³/mol. The maximum Gasteiger partial charge on any atom is 0.315 e. The summed E-state index contributed by atoms with van der Waals surface area (Å²) in [6.45, 7) is 4.70. The summed E-state index contributed by atoms with van der Waals surface area (Å²) in [7, 11) is 0. The second-order valence-electron chi connectivity index (χ2n) is 6.46. The highest BCUT2D eigenvalue weighted by Gasteiger charge is 2.32. The van der Waals surface area contributed by atoms with Crippen LogP contribution in [0.15, 0.2) is 0 Å². The summed E-state index contributed by atoms with van der Waals surface area (Å²) in [6.07, 6.45) is 3.53. The van der Waals surface area contributed by atoms with E-state index in [1.54, 1.807) is 0 Å².